The van der Waals surface area contributed by atoms with Crippen LogP contribution in [0.15, 0.2) is 54.6 Å². The Morgan fingerprint density at radius 3 is 2.28 bits per heavy atom. The second kappa shape index (κ2) is 8.29. The predicted molar refractivity (Wildman–Crippen MR) is 97.6 cm³/mol. The van der Waals surface area contributed by atoms with E-state index in [0.717, 1.165) is 13.1 Å². The maximum Gasteiger partial charge on any atom is 0.177 e. The fourth-order valence-electron chi connectivity index (χ4n) is 3.41. The van der Waals surface area contributed by atoms with Crippen LogP contribution in [0.5, 0.6) is 0 Å². The summed E-state index contributed by atoms with van der Waals surface area (Å²) in [6.45, 7) is 2.99. The van der Waals surface area contributed by atoms with Crippen molar-refractivity contribution in [2.75, 3.05) is 19.6 Å². The van der Waals surface area contributed by atoms with Gasteiger partial charge in [-0.25, -0.2) is 4.39 Å². The fourth-order valence-corrected chi connectivity index (χ4v) is 3.41. The Morgan fingerprint density at radius 2 is 1.60 bits per heavy atom. The van der Waals surface area contributed by atoms with E-state index in [0.29, 0.717) is 17.7 Å². The standard InChI is InChI=1S/C22H24FNO/c23-21-13-8-12-20(18-21)22(25,19-10-4-3-5-11-19)14-9-17-24-15-6-1-2-7-16-24/h3-5,8,10-13,18,25H,1-2,6-7,15-17H2/p+1/t22-/m0/s1. The summed E-state index contributed by atoms with van der Waals surface area (Å²) < 4.78 is 13.7. The molecule has 1 aliphatic heterocycles. The van der Waals surface area contributed by atoms with Crippen LogP contribution in [0.1, 0.15) is 36.8 Å². The third-order valence-corrected chi connectivity index (χ3v) is 4.85. The van der Waals surface area contributed by atoms with E-state index in [1.54, 1.807) is 12.1 Å². The average molecular weight is 338 g/mol. The first-order valence-corrected chi connectivity index (χ1v) is 9.06. The smallest absolute Gasteiger partial charge is 0.177 e. The summed E-state index contributed by atoms with van der Waals surface area (Å²) >= 11 is 0. The molecule has 1 aliphatic rings. The summed E-state index contributed by atoms with van der Waals surface area (Å²) in [5.41, 5.74) is -0.356. The SMILES string of the molecule is O[C@@](C#CC[NH+]1CCCCCC1)(c1ccccc1)c1cccc(F)c1. The summed E-state index contributed by atoms with van der Waals surface area (Å²) in [7, 11) is 0. The summed E-state index contributed by atoms with van der Waals surface area (Å²) in [6.07, 6.45) is 5.08. The van der Waals surface area contributed by atoms with Crippen molar-refractivity contribution in [3.05, 3.63) is 71.5 Å². The largest absolute Gasteiger partial charge is 0.369 e. The molecule has 3 heteroatoms. The molecular weight excluding hydrogens is 313 g/mol. The van der Waals surface area contributed by atoms with Gasteiger partial charge in [-0.2, -0.15) is 0 Å². The van der Waals surface area contributed by atoms with Gasteiger partial charge in [-0.15, -0.1) is 0 Å². The molecule has 0 radical (unpaired) electrons. The quantitative estimate of drug-likeness (QED) is 0.826. The van der Waals surface area contributed by atoms with E-state index in [1.165, 1.54) is 42.7 Å². The molecule has 130 valence electrons. The number of nitrogens with one attached hydrogen (secondary N) is 1. The van der Waals surface area contributed by atoms with Crippen LogP contribution in [0.4, 0.5) is 4.39 Å². The van der Waals surface area contributed by atoms with Crippen LogP contribution < -0.4 is 4.90 Å². The first-order valence-electron chi connectivity index (χ1n) is 9.06. The molecule has 2 N–H and O–H groups in total. The Kier molecular flexibility index (Phi) is 5.86. The molecule has 0 unspecified atom stereocenters. The van der Waals surface area contributed by atoms with Crippen molar-refractivity contribution < 1.29 is 14.4 Å². The molecule has 25 heavy (non-hydrogen) atoms. The summed E-state index contributed by atoms with van der Waals surface area (Å²) in [6, 6.07) is 15.4. The monoisotopic (exact) mass is 338 g/mol. The Labute approximate surface area is 149 Å². The molecule has 0 spiro atoms. The zero-order chi connectivity index (χ0) is 17.5. The van der Waals surface area contributed by atoms with Crippen LogP contribution in [0.2, 0.25) is 0 Å². The van der Waals surface area contributed by atoms with Gasteiger partial charge in [-0.05, 0) is 43.7 Å². The van der Waals surface area contributed by atoms with Crippen molar-refractivity contribution in [1.82, 2.24) is 0 Å². The highest BCUT2D eigenvalue weighted by Gasteiger charge is 2.29. The topological polar surface area (TPSA) is 24.7 Å². The second-order valence-electron chi connectivity index (χ2n) is 6.73. The van der Waals surface area contributed by atoms with E-state index in [9.17, 15) is 9.50 Å². The van der Waals surface area contributed by atoms with E-state index < -0.39 is 5.60 Å². The third-order valence-electron chi connectivity index (χ3n) is 4.85. The zero-order valence-electron chi connectivity index (χ0n) is 14.5. The molecule has 1 fully saturated rings. The maximum atomic E-state index is 13.7. The van der Waals surface area contributed by atoms with Gasteiger partial charge in [0.2, 0.25) is 0 Å². The second-order valence-corrected chi connectivity index (χ2v) is 6.73. The average Bonchev–Trinajstić information content (AvgIpc) is 2.91. The number of rotatable bonds is 3. The fraction of sp³-hybridized carbons (Fsp3) is 0.364. The van der Waals surface area contributed by atoms with Crippen molar-refractivity contribution in [2.24, 2.45) is 0 Å². The highest BCUT2D eigenvalue weighted by atomic mass is 19.1. The molecular formula is C22H25FNO+. The molecule has 0 aromatic heterocycles. The van der Waals surface area contributed by atoms with Gasteiger partial charge in [0.1, 0.15) is 12.4 Å². The van der Waals surface area contributed by atoms with Gasteiger partial charge in [0.15, 0.2) is 5.60 Å². The van der Waals surface area contributed by atoms with Crippen molar-refractivity contribution in [3.63, 3.8) is 0 Å². The number of quaternary nitrogens is 1. The Morgan fingerprint density at radius 1 is 0.920 bits per heavy atom. The lowest BCUT2D eigenvalue weighted by Crippen LogP contribution is -3.11. The number of benzene rings is 2. The van der Waals surface area contributed by atoms with E-state index in [-0.39, 0.29) is 5.82 Å². The molecule has 1 heterocycles. The molecule has 2 nitrogen and oxygen atoms in total. The minimum Gasteiger partial charge on any atom is -0.369 e. The highest BCUT2D eigenvalue weighted by Crippen LogP contribution is 2.29. The lowest BCUT2D eigenvalue weighted by atomic mass is 9.87. The number of hydrogen-bond donors (Lipinski definition) is 2. The molecule has 3 rings (SSSR count). The first-order chi connectivity index (χ1) is 12.2. The van der Waals surface area contributed by atoms with Gasteiger partial charge in [0, 0.05) is 11.1 Å². The van der Waals surface area contributed by atoms with E-state index in [1.807, 2.05) is 30.3 Å². The van der Waals surface area contributed by atoms with Gasteiger partial charge in [0.05, 0.1) is 13.1 Å². The van der Waals surface area contributed by atoms with Gasteiger partial charge < -0.3 is 10.0 Å². The maximum absolute atomic E-state index is 13.7. The lowest BCUT2D eigenvalue weighted by Gasteiger charge is -2.23. The first kappa shape index (κ1) is 17.7. The molecule has 0 amide bonds. The third kappa shape index (κ3) is 4.48. The zero-order valence-corrected chi connectivity index (χ0v) is 14.5. The molecule has 1 atom stereocenters. The lowest BCUT2D eigenvalue weighted by molar-refractivity contribution is -0.891. The Bertz CT molecular complexity index is 741. The molecule has 2 aromatic carbocycles. The minimum atomic E-state index is -1.49. The molecule has 0 saturated carbocycles. The number of hydrogen-bond acceptors (Lipinski definition) is 1. The Balaban J connectivity index is 1.89. The molecule has 1 saturated heterocycles. The van der Waals surface area contributed by atoms with Gasteiger partial charge in [0.25, 0.3) is 0 Å². The Hall–Kier alpha value is -2.15. The van der Waals surface area contributed by atoms with Crippen LogP contribution in [0, 0.1) is 17.7 Å². The van der Waals surface area contributed by atoms with Crippen molar-refractivity contribution in [1.29, 1.82) is 0 Å². The molecule has 2 aromatic rings. The van der Waals surface area contributed by atoms with Crippen molar-refractivity contribution >= 4 is 0 Å². The van der Waals surface area contributed by atoms with E-state index in [2.05, 4.69) is 11.8 Å². The normalized spacial score (nSPS) is 17.8. The van der Waals surface area contributed by atoms with Gasteiger partial charge in [-0.3, -0.25) is 0 Å². The van der Waals surface area contributed by atoms with Gasteiger partial charge >= 0.3 is 0 Å². The summed E-state index contributed by atoms with van der Waals surface area (Å²) in [5.74, 6) is 5.85. The molecule has 0 aliphatic carbocycles. The van der Waals surface area contributed by atoms with Gasteiger partial charge in [-0.1, -0.05) is 48.4 Å². The van der Waals surface area contributed by atoms with E-state index in [4.69, 9.17) is 0 Å². The van der Waals surface area contributed by atoms with Crippen LogP contribution in [-0.4, -0.2) is 24.7 Å². The minimum absolute atomic E-state index is 0.369. The van der Waals surface area contributed by atoms with Crippen LogP contribution >= 0.6 is 0 Å². The van der Waals surface area contributed by atoms with E-state index >= 15 is 0 Å². The number of aliphatic hydroxyl groups is 1. The molecule has 0 bridgehead atoms. The predicted octanol–water partition coefficient (Wildman–Crippen LogP) is 2.52. The summed E-state index contributed by atoms with van der Waals surface area (Å²) in [4.78, 5) is 1.47. The van der Waals surface area contributed by atoms with Crippen molar-refractivity contribution in [3.8, 4) is 11.8 Å². The number of likely N-dealkylation sites (tertiary alicyclic amines) is 1. The van der Waals surface area contributed by atoms with Crippen molar-refractivity contribution in [2.45, 2.75) is 31.3 Å². The number of halogens is 1. The van der Waals surface area contributed by atoms with Crippen LogP contribution in [-0.2, 0) is 5.60 Å². The summed E-state index contributed by atoms with van der Waals surface area (Å²) in [5, 5.41) is 11.3. The van der Waals surface area contributed by atoms with Crippen LogP contribution in [0.25, 0.3) is 0 Å². The van der Waals surface area contributed by atoms with Crippen LogP contribution in [0.3, 0.4) is 0 Å². The highest BCUT2D eigenvalue weighted by molar-refractivity contribution is 5.44.